The number of nitrogens with zero attached hydrogens (tertiary/aromatic N) is 1. The van der Waals surface area contributed by atoms with Crippen LogP contribution < -0.4 is 0 Å². The van der Waals surface area contributed by atoms with Gasteiger partial charge in [-0.3, -0.25) is 0 Å². The second-order valence-electron chi connectivity index (χ2n) is 2.57. The van der Waals surface area contributed by atoms with Crippen molar-refractivity contribution in [1.82, 2.24) is 0 Å². The van der Waals surface area contributed by atoms with E-state index in [1.54, 1.807) is 0 Å². The molecule has 0 radical (unpaired) electrons. The molecule has 13 heavy (non-hydrogen) atoms. The summed E-state index contributed by atoms with van der Waals surface area (Å²) >= 11 is 0. The molecule has 5 heteroatoms. The van der Waals surface area contributed by atoms with Gasteiger partial charge >= 0.3 is 6.16 Å². The first-order chi connectivity index (χ1) is 6.04. The Labute approximate surface area is 77.7 Å². The van der Waals surface area contributed by atoms with Crippen LogP contribution in [0.15, 0.2) is 5.16 Å². The Kier molecular flexibility index (Phi) is 11.8. The zero-order valence-electron chi connectivity index (χ0n) is 8.03. The van der Waals surface area contributed by atoms with E-state index in [0.29, 0.717) is 0 Å². The van der Waals surface area contributed by atoms with E-state index in [-0.39, 0.29) is 0 Å². The molecule has 0 aromatic heterocycles. The van der Waals surface area contributed by atoms with Gasteiger partial charge in [-0.25, -0.2) is 4.79 Å². The van der Waals surface area contributed by atoms with Crippen molar-refractivity contribution >= 4 is 11.9 Å². The van der Waals surface area contributed by atoms with Gasteiger partial charge in [0.25, 0.3) is 0 Å². The fraction of sp³-hybridized carbons (Fsp3) is 0.750. The summed E-state index contributed by atoms with van der Waals surface area (Å²) in [5, 5.41) is 25.2. The number of rotatable bonds is 4. The molecule has 0 aliphatic carbocycles. The molecule has 0 aliphatic rings. The third-order valence-corrected chi connectivity index (χ3v) is 1.31. The number of hydrogen-bond acceptors (Lipinski definition) is 3. The van der Waals surface area contributed by atoms with Crippen molar-refractivity contribution in [3.8, 4) is 0 Å². The number of unbranched alkanes of at least 4 members (excludes halogenated alkanes) is 2. The zero-order chi connectivity index (χ0) is 10.7. The van der Waals surface area contributed by atoms with Crippen LogP contribution in [-0.4, -0.2) is 27.3 Å². The van der Waals surface area contributed by atoms with Crippen molar-refractivity contribution in [3.63, 3.8) is 0 Å². The molecule has 0 aromatic rings. The van der Waals surface area contributed by atoms with Crippen LogP contribution in [0.5, 0.6) is 0 Å². The molecule has 0 aromatic carbocycles. The van der Waals surface area contributed by atoms with E-state index in [4.69, 9.17) is 20.2 Å². The van der Waals surface area contributed by atoms with Crippen LogP contribution in [-0.2, 0) is 0 Å². The number of carboxylic acid groups (broad SMARTS) is 2. The molecule has 0 bridgehead atoms. The molecule has 0 rings (SSSR count). The van der Waals surface area contributed by atoms with E-state index in [1.165, 1.54) is 12.8 Å². The van der Waals surface area contributed by atoms with Crippen LogP contribution in [0, 0.1) is 0 Å². The number of carbonyl (C=O) groups is 1. The summed E-state index contributed by atoms with van der Waals surface area (Å²) in [6.07, 6.45) is 2.70. The van der Waals surface area contributed by atoms with Crippen molar-refractivity contribution in [2.24, 2.45) is 5.16 Å². The molecule has 0 aliphatic heterocycles. The van der Waals surface area contributed by atoms with Gasteiger partial charge in [0.2, 0.25) is 0 Å². The second-order valence-corrected chi connectivity index (χ2v) is 2.57. The molecule has 0 heterocycles. The van der Waals surface area contributed by atoms with Crippen molar-refractivity contribution in [3.05, 3.63) is 0 Å². The van der Waals surface area contributed by atoms with Gasteiger partial charge in [-0.15, -0.1) is 0 Å². The van der Waals surface area contributed by atoms with Crippen molar-refractivity contribution in [2.45, 2.75) is 39.5 Å². The summed E-state index contributed by atoms with van der Waals surface area (Å²) in [6.45, 7) is 4.00. The standard InChI is InChI=1S/C7H15NO.CH2O3/c1-3-4-5-6-7(2)8-9;2-1(3)4/h9H,3-6H2,1-2H3;(H2,2,3,4)/b8-7+;. The lowest BCUT2D eigenvalue weighted by Crippen LogP contribution is -1.89. The van der Waals surface area contributed by atoms with Gasteiger partial charge in [0, 0.05) is 0 Å². The maximum Gasteiger partial charge on any atom is 0.503 e. The Balaban J connectivity index is 0. The SMILES string of the molecule is CCCCC/C(C)=N/O.O=C(O)O. The van der Waals surface area contributed by atoms with E-state index >= 15 is 0 Å². The first kappa shape index (κ1) is 14.3. The Morgan fingerprint density at radius 3 is 2.08 bits per heavy atom. The van der Waals surface area contributed by atoms with Gasteiger partial charge < -0.3 is 15.4 Å². The lowest BCUT2D eigenvalue weighted by Gasteiger charge is -1.94. The zero-order valence-corrected chi connectivity index (χ0v) is 8.03. The smallest absolute Gasteiger partial charge is 0.450 e. The minimum Gasteiger partial charge on any atom is -0.450 e. The van der Waals surface area contributed by atoms with E-state index in [1.807, 2.05) is 6.92 Å². The minimum absolute atomic E-state index is 0.837. The maximum atomic E-state index is 8.56. The lowest BCUT2D eigenvalue weighted by atomic mass is 10.1. The molecule has 0 spiro atoms. The maximum absolute atomic E-state index is 8.56. The highest BCUT2D eigenvalue weighted by Crippen LogP contribution is 1.99. The van der Waals surface area contributed by atoms with Gasteiger partial charge in [0.15, 0.2) is 0 Å². The van der Waals surface area contributed by atoms with E-state index in [0.717, 1.165) is 18.6 Å². The molecule has 3 N–H and O–H groups in total. The summed E-state index contributed by atoms with van der Waals surface area (Å²) in [4.78, 5) is 8.56. The predicted octanol–water partition coefficient (Wildman–Crippen LogP) is 2.64. The van der Waals surface area contributed by atoms with Crippen LogP contribution in [0.4, 0.5) is 4.79 Å². The molecule has 78 valence electrons. The molecule has 0 fully saturated rings. The van der Waals surface area contributed by atoms with Gasteiger partial charge in [-0.2, -0.15) is 0 Å². The average molecular weight is 191 g/mol. The predicted molar refractivity (Wildman–Crippen MR) is 49.7 cm³/mol. The highest BCUT2D eigenvalue weighted by atomic mass is 16.6. The van der Waals surface area contributed by atoms with Crippen molar-refractivity contribution < 1.29 is 20.2 Å². The molecule has 0 amide bonds. The van der Waals surface area contributed by atoms with Gasteiger partial charge in [-0.1, -0.05) is 24.9 Å². The van der Waals surface area contributed by atoms with Crippen LogP contribution >= 0.6 is 0 Å². The second kappa shape index (κ2) is 10.7. The van der Waals surface area contributed by atoms with Gasteiger partial charge in [0.1, 0.15) is 0 Å². The summed E-state index contributed by atoms with van der Waals surface area (Å²) in [7, 11) is 0. The van der Waals surface area contributed by atoms with Gasteiger partial charge in [0.05, 0.1) is 5.71 Å². The molecule has 0 saturated heterocycles. The summed E-state index contributed by atoms with van der Waals surface area (Å²) in [6, 6.07) is 0. The summed E-state index contributed by atoms with van der Waals surface area (Å²) in [5.74, 6) is 0. The minimum atomic E-state index is -1.83. The van der Waals surface area contributed by atoms with E-state index in [2.05, 4.69) is 12.1 Å². The van der Waals surface area contributed by atoms with Gasteiger partial charge in [-0.05, 0) is 19.8 Å². The van der Waals surface area contributed by atoms with Crippen LogP contribution in [0.2, 0.25) is 0 Å². The first-order valence-electron chi connectivity index (χ1n) is 4.14. The molecular formula is C8H17NO4. The molecule has 0 saturated carbocycles. The highest BCUT2D eigenvalue weighted by Gasteiger charge is 1.89. The van der Waals surface area contributed by atoms with Crippen LogP contribution in [0.3, 0.4) is 0 Å². The van der Waals surface area contributed by atoms with Crippen LogP contribution in [0.25, 0.3) is 0 Å². The van der Waals surface area contributed by atoms with Crippen molar-refractivity contribution in [1.29, 1.82) is 0 Å². The number of hydrogen-bond donors (Lipinski definition) is 3. The Morgan fingerprint density at radius 2 is 1.77 bits per heavy atom. The third-order valence-electron chi connectivity index (χ3n) is 1.31. The molecular weight excluding hydrogens is 174 g/mol. The Morgan fingerprint density at radius 1 is 1.31 bits per heavy atom. The largest absolute Gasteiger partial charge is 0.503 e. The molecule has 0 unspecified atom stereocenters. The fourth-order valence-electron chi connectivity index (χ4n) is 0.681. The van der Waals surface area contributed by atoms with E-state index in [9.17, 15) is 0 Å². The topological polar surface area (TPSA) is 90.1 Å². The molecule has 0 atom stereocenters. The summed E-state index contributed by atoms with van der Waals surface area (Å²) in [5.41, 5.74) is 0.837. The average Bonchev–Trinajstić information content (AvgIpc) is 2.03. The van der Waals surface area contributed by atoms with E-state index < -0.39 is 6.16 Å². The Hall–Kier alpha value is -1.26. The monoisotopic (exact) mass is 191 g/mol. The van der Waals surface area contributed by atoms with Crippen LogP contribution in [0.1, 0.15) is 39.5 Å². The van der Waals surface area contributed by atoms with Crippen molar-refractivity contribution in [2.75, 3.05) is 0 Å². The first-order valence-corrected chi connectivity index (χ1v) is 4.14. The normalized spacial score (nSPS) is 10.2. The lowest BCUT2D eigenvalue weighted by molar-refractivity contribution is 0.137. The number of oxime groups is 1. The fourth-order valence-corrected chi connectivity index (χ4v) is 0.681. The highest BCUT2D eigenvalue weighted by molar-refractivity contribution is 5.81. The quantitative estimate of drug-likeness (QED) is 0.276. The summed E-state index contributed by atoms with van der Waals surface area (Å²) < 4.78 is 0. The third kappa shape index (κ3) is 24.9. The molecule has 5 nitrogen and oxygen atoms in total. The Bertz CT molecular complexity index is 152.